The molecule has 0 bridgehead atoms. The Bertz CT molecular complexity index is 854. The highest BCUT2D eigenvalue weighted by molar-refractivity contribution is 9.10. The van der Waals surface area contributed by atoms with Crippen LogP contribution < -0.4 is 4.18 Å². The Morgan fingerprint density at radius 3 is 2.45 bits per heavy atom. The Hall–Kier alpha value is -1.64. The predicted molar refractivity (Wildman–Crippen MR) is 84.8 cm³/mol. The van der Waals surface area contributed by atoms with Crippen molar-refractivity contribution in [1.29, 1.82) is 0 Å². The summed E-state index contributed by atoms with van der Waals surface area (Å²) in [6, 6.07) is 7.93. The Kier molecular flexibility index (Phi) is 4.74. The number of hydrogen-bond acceptors (Lipinski definition) is 5. The van der Waals surface area contributed by atoms with Gasteiger partial charge < -0.3 is 4.18 Å². The van der Waals surface area contributed by atoms with E-state index in [4.69, 9.17) is 15.8 Å². The van der Waals surface area contributed by atoms with Crippen molar-refractivity contribution in [3.8, 4) is 5.75 Å². The smallest absolute Gasteiger partial charge is 0.340 e. The first-order chi connectivity index (χ1) is 10.2. The van der Waals surface area contributed by atoms with E-state index in [0.717, 1.165) is 23.8 Å². The van der Waals surface area contributed by atoms with Gasteiger partial charge in [0.2, 0.25) is 0 Å². The first-order valence-corrected chi connectivity index (χ1v) is 8.43. The molecule has 0 atom stereocenters. The molecule has 0 aliphatic carbocycles. The number of nitro groups is 1. The first kappa shape index (κ1) is 16.7. The number of hydrogen-bond donors (Lipinski definition) is 0. The molecule has 0 saturated heterocycles. The van der Waals surface area contributed by atoms with Gasteiger partial charge in [0.1, 0.15) is 4.90 Å². The highest BCUT2D eigenvalue weighted by atomic mass is 79.9. The van der Waals surface area contributed by atoms with E-state index in [1.807, 2.05) is 6.92 Å². The van der Waals surface area contributed by atoms with Gasteiger partial charge in [0.25, 0.3) is 5.69 Å². The Morgan fingerprint density at radius 1 is 1.23 bits per heavy atom. The van der Waals surface area contributed by atoms with Crippen molar-refractivity contribution in [2.45, 2.75) is 11.8 Å². The molecule has 2 aromatic rings. The van der Waals surface area contributed by atoms with Gasteiger partial charge in [0.15, 0.2) is 5.75 Å². The number of halogens is 2. The Labute approximate surface area is 140 Å². The molecule has 2 rings (SSSR count). The monoisotopic (exact) mass is 405 g/mol. The third-order valence-corrected chi connectivity index (χ3v) is 5.19. The maximum atomic E-state index is 12.3. The van der Waals surface area contributed by atoms with Crippen LogP contribution in [0.2, 0.25) is 5.02 Å². The van der Waals surface area contributed by atoms with Gasteiger partial charge >= 0.3 is 10.1 Å². The van der Waals surface area contributed by atoms with E-state index >= 15 is 0 Å². The van der Waals surface area contributed by atoms with Crippen molar-refractivity contribution >= 4 is 43.3 Å². The van der Waals surface area contributed by atoms with E-state index in [2.05, 4.69) is 15.9 Å². The number of rotatable bonds is 4. The fraction of sp³-hybridized carbons (Fsp3) is 0.0769. The van der Waals surface area contributed by atoms with Crippen LogP contribution in [0.15, 0.2) is 45.8 Å². The molecular formula is C13H9BrClNO5S. The minimum Gasteiger partial charge on any atom is -0.377 e. The van der Waals surface area contributed by atoms with Crippen LogP contribution in [0.25, 0.3) is 0 Å². The van der Waals surface area contributed by atoms with Gasteiger partial charge in [-0.05, 0) is 46.6 Å². The molecular weight excluding hydrogens is 398 g/mol. The van der Waals surface area contributed by atoms with Crippen LogP contribution in [0, 0.1) is 17.0 Å². The molecule has 0 unspecified atom stereocenters. The SMILES string of the molecule is Cc1ccc(S(=O)(=O)Oc2ccc([N+](=O)[O-])cc2Cl)c(Br)c1. The third-order valence-electron chi connectivity index (χ3n) is 2.68. The van der Waals surface area contributed by atoms with Crippen LogP contribution in [0.3, 0.4) is 0 Å². The number of benzene rings is 2. The van der Waals surface area contributed by atoms with Crippen LogP contribution in [0.4, 0.5) is 5.69 Å². The molecule has 0 N–H and O–H groups in total. The maximum absolute atomic E-state index is 12.3. The van der Waals surface area contributed by atoms with Gasteiger partial charge in [-0.1, -0.05) is 17.7 Å². The van der Waals surface area contributed by atoms with Crippen LogP contribution in [-0.4, -0.2) is 13.3 Å². The molecule has 0 aliphatic rings. The van der Waals surface area contributed by atoms with Gasteiger partial charge in [0.05, 0.1) is 9.95 Å². The molecule has 116 valence electrons. The molecule has 6 nitrogen and oxygen atoms in total. The summed E-state index contributed by atoms with van der Waals surface area (Å²) in [6.07, 6.45) is 0. The molecule has 0 saturated carbocycles. The molecule has 0 amide bonds. The minimum atomic E-state index is -4.12. The number of nitrogens with zero attached hydrogens (tertiary/aromatic N) is 1. The lowest BCUT2D eigenvalue weighted by atomic mass is 10.2. The van der Waals surface area contributed by atoms with Crippen molar-refractivity contribution in [3.05, 3.63) is 61.6 Å². The van der Waals surface area contributed by atoms with Crippen LogP contribution >= 0.6 is 27.5 Å². The lowest BCUT2D eigenvalue weighted by molar-refractivity contribution is -0.384. The topological polar surface area (TPSA) is 86.5 Å². The molecule has 0 aromatic heterocycles. The van der Waals surface area contributed by atoms with Crippen molar-refractivity contribution in [1.82, 2.24) is 0 Å². The normalized spacial score (nSPS) is 11.2. The first-order valence-electron chi connectivity index (χ1n) is 5.85. The molecule has 2 aromatic carbocycles. The molecule has 0 heterocycles. The average Bonchev–Trinajstić information content (AvgIpc) is 2.40. The van der Waals surface area contributed by atoms with Crippen LogP contribution in [0.5, 0.6) is 5.75 Å². The van der Waals surface area contributed by atoms with Crippen molar-refractivity contribution in [2.24, 2.45) is 0 Å². The molecule has 22 heavy (non-hydrogen) atoms. The van der Waals surface area contributed by atoms with E-state index in [1.165, 1.54) is 6.07 Å². The van der Waals surface area contributed by atoms with Gasteiger partial charge in [0, 0.05) is 16.6 Å². The van der Waals surface area contributed by atoms with Gasteiger partial charge in [-0.15, -0.1) is 0 Å². The Morgan fingerprint density at radius 2 is 1.91 bits per heavy atom. The molecule has 0 aliphatic heterocycles. The van der Waals surface area contributed by atoms with Crippen LogP contribution in [0.1, 0.15) is 5.56 Å². The van der Waals surface area contributed by atoms with Gasteiger partial charge in [-0.25, -0.2) is 0 Å². The summed E-state index contributed by atoms with van der Waals surface area (Å²) in [5, 5.41) is 10.5. The molecule has 0 spiro atoms. The van der Waals surface area contributed by atoms with Crippen molar-refractivity contribution in [3.63, 3.8) is 0 Å². The summed E-state index contributed by atoms with van der Waals surface area (Å²) in [5.74, 6) is -0.181. The highest BCUT2D eigenvalue weighted by Crippen LogP contribution is 2.32. The van der Waals surface area contributed by atoms with Crippen molar-refractivity contribution < 1.29 is 17.5 Å². The number of non-ortho nitro benzene ring substituents is 1. The molecule has 9 heteroatoms. The zero-order valence-electron chi connectivity index (χ0n) is 11.1. The summed E-state index contributed by atoms with van der Waals surface area (Å²) in [5.41, 5.74) is 0.616. The van der Waals surface area contributed by atoms with E-state index in [0.29, 0.717) is 4.47 Å². The fourth-order valence-electron chi connectivity index (χ4n) is 1.64. The average molecular weight is 407 g/mol. The second kappa shape index (κ2) is 6.23. The summed E-state index contributed by atoms with van der Waals surface area (Å²) in [4.78, 5) is 9.93. The number of aryl methyl sites for hydroxylation is 1. The maximum Gasteiger partial charge on any atom is 0.340 e. The quantitative estimate of drug-likeness (QED) is 0.434. The van der Waals surface area contributed by atoms with E-state index < -0.39 is 15.0 Å². The number of nitro benzene ring substituents is 1. The second-order valence-electron chi connectivity index (χ2n) is 4.34. The van der Waals surface area contributed by atoms with E-state index in [1.54, 1.807) is 12.1 Å². The lowest BCUT2D eigenvalue weighted by Gasteiger charge is -2.10. The summed E-state index contributed by atoms with van der Waals surface area (Å²) < 4.78 is 29.8. The standard InChI is InChI=1S/C13H9BrClNO5S/c1-8-2-5-13(10(14)6-8)22(19,20)21-12-4-3-9(16(17)18)7-11(12)15/h2-7H,1H3. The summed E-state index contributed by atoms with van der Waals surface area (Å²) in [7, 11) is -4.12. The van der Waals surface area contributed by atoms with Gasteiger partial charge in [-0.3, -0.25) is 10.1 Å². The zero-order valence-corrected chi connectivity index (χ0v) is 14.3. The van der Waals surface area contributed by atoms with E-state index in [9.17, 15) is 18.5 Å². The fourth-order valence-corrected chi connectivity index (χ4v) is 3.99. The van der Waals surface area contributed by atoms with Gasteiger partial charge in [-0.2, -0.15) is 8.42 Å². The van der Waals surface area contributed by atoms with Crippen molar-refractivity contribution in [2.75, 3.05) is 0 Å². The largest absolute Gasteiger partial charge is 0.377 e. The Balaban J connectivity index is 2.39. The zero-order chi connectivity index (χ0) is 16.5. The van der Waals surface area contributed by atoms with E-state index in [-0.39, 0.29) is 21.4 Å². The lowest BCUT2D eigenvalue weighted by Crippen LogP contribution is -2.11. The summed E-state index contributed by atoms with van der Waals surface area (Å²) >= 11 is 8.99. The summed E-state index contributed by atoms with van der Waals surface area (Å²) in [6.45, 7) is 1.81. The third kappa shape index (κ3) is 3.57. The predicted octanol–water partition coefficient (Wildman–Crippen LogP) is 4.09. The second-order valence-corrected chi connectivity index (χ2v) is 7.12. The minimum absolute atomic E-state index is 0.0625. The molecule has 0 fully saturated rings. The highest BCUT2D eigenvalue weighted by Gasteiger charge is 2.22. The molecule has 0 radical (unpaired) electrons. The van der Waals surface area contributed by atoms with Crippen LogP contribution in [-0.2, 0) is 10.1 Å².